The summed E-state index contributed by atoms with van der Waals surface area (Å²) in [5.74, 6) is 0. The SMILES string of the molecule is CC1(NCC(O)COCc2cccs2)CCOC1. The smallest absolute Gasteiger partial charge is 0.0898 e. The molecule has 1 saturated heterocycles. The van der Waals surface area contributed by atoms with Crippen molar-refractivity contribution in [3.63, 3.8) is 0 Å². The Morgan fingerprint density at radius 1 is 1.67 bits per heavy atom. The number of ether oxygens (including phenoxy) is 2. The molecular formula is C13H21NO3S. The van der Waals surface area contributed by atoms with Gasteiger partial charge < -0.3 is 19.9 Å². The van der Waals surface area contributed by atoms with E-state index in [1.54, 1.807) is 11.3 Å². The second kappa shape index (κ2) is 6.63. The van der Waals surface area contributed by atoms with E-state index < -0.39 is 6.10 Å². The lowest BCUT2D eigenvalue weighted by atomic mass is 10.0. The number of hydrogen-bond donors (Lipinski definition) is 2. The van der Waals surface area contributed by atoms with Gasteiger partial charge in [-0.1, -0.05) is 6.07 Å². The maximum Gasteiger partial charge on any atom is 0.0898 e. The summed E-state index contributed by atoms with van der Waals surface area (Å²) in [6.45, 7) is 5.13. The van der Waals surface area contributed by atoms with E-state index in [0.29, 0.717) is 19.8 Å². The van der Waals surface area contributed by atoms with Crippen molar-refractivity contribution in [2.24, 2.45) is 0 Å². The van der Waals surface area contributed by atoms with Crippen molar-refractivity contribution in [3.05, 3.63) is 22.4 Å². The monoisotopic (exact) mass is 271 g/mol. The first kappa shape index (κ1) is 14.0. The Hall–Kier alpha value is -0.460. The van der Waals surface area contributed by atoms with Gasteiger partial charge in [0.15, 0.2) is 0 Å². The molecular weight excluding hydrogens is 250 g/mol. The first-order chi connectivity index (χ1) is 8.68. The number of aliphatic hydroxyl groups excluding tert-OH is 1. The van der Waals surface area contributed by atoms with E-state index in [-0.39, 0.29) is 5.54 Å². The quantitative estimate of drug-likeness (QED) is 0.787. The van der Waals surface area contributed by atoms with Gasteiger partial charge in [0.05, 0.1) is 25.9 Å². The second-order valence-corrected chi connectivity index (χ2v) is 6.02. The molecule has 0 amide bonds. The highest BCUT2D eigenvalue weighted by Crippen LogP contribution is 2.17. The van der Waals surface area contributed by atoms with Crippen LogP contribution < -0.4 is 5.32 Å². The highest BCUT2D eigenvalue weighted by Gasteiger charge is 2.29. The van der Waals surface area contributed by atoms with Crippen LogP contribution in [0.25, 0.3) is 0 Å². The van der Waals surface area contributed by atoms with Gasteiger partial charge in [0, 0.05) is 23.6 Å². The molecule has 1 aromatic rings. The Labute approximate surface area is 112 Å². The lowest BCUT2D eigenvalue weighted by molar-refractivity contribution is 0.0257. The van der Waals surface area contributed by atoms with Gasteiger partial charge in [0.2, 0.25) is 0 Å². The number of rotatable bonds is 7. The summed E-state index contributed by atoms with van der Waals surface area (Å²) < 4.78 is 10.8. The van der Waals surface area contributed by atoms with Gasteiger partial charge >= 0.3 is 0 Å². The van der Waals surface area contributed by atoms with Gasteiger partial charge in [0.1, 0.15) is 0 Å². The van der Waals surface area contributed by atoms with E-state index in [9.17, 15) is 5.11 Å². The van der Waals surface area contributed by atoms with Crippen LogP contribution >= 0.6 is 11.3 Å². The summed E-state index contributed by atoms with van der Waals surface area (Å²) in [6.07, 6.45) is 0.526. The summed E-state index contributed by atoms with van der Waals surface area (Å²) in [5, 5.41) is 15.2. The van der Waals surface area contributed by atoms with Gasteiger partial charge in [0.25, 0.3) is 0 Å². The van der Waals surface area contributed by atoms with Crippen molar-refractivity contribution in [1.82, 2.24) is 5.32 Å². The third-order valence-corrected chi connectivity index (χ3v) is 3.97. The molecule has 5 heteroatoms. The van der Waals surface area contributed by atoms with Gasteiger partial charge in [-0.3, -0.25) is 0 Å². The molecule has 0 radical (unpaired) electrons. The Morgan fingerprint density at radius 3 is 3.22 bits per heavy atom. The Bertz CT molecular complexity index is 336. The molecule has 2 N–H and O–H groups in total. The van der Waals surface area contributed by atoms with Crippen LogP contribution in [0.3, 0.4) is 0 Å². The minimum absolute atomic E-state index is 0.00866. The molecule has 1 aromatic heterocycles. The Morgan fingerprint density at radius 2 is 2.56 bits per heavy atom. The molecule has 18 heavy (non-hydrogen) atoms. The molecule has 0 aliphatic carbocycles. The fraction of sp³-hybridized carbons (Fsp3) is 0.692. The topological polar surface area (TPSA) is 50.7 Å². The number of hydrogen-bond acceptors (Lipinski definition) is 5. The molecule has 0 aromatic carbocycles. The van der Waals surface area contributed by atoms with Gasteiger partial charge in [-0.25, -0.2) is 0 Å². The lowest BCUT2D eigenvalue weighted by Gasteiger charge is -2.25. The molecule has 0 bridgehead atoms. The minimum Gasteiger partial charge on any atom is -0.389 e. The molecule has 1 aliphatic rings. The Balaban J connectivity index is 1.58. The largest absolute Gasteiger partial charge is 0.389 e. The van der Waals surface area contributed by atoms with Crippen LogP contribution in [0, 0.1) is 0 Å². The van der Waals surface area contributed by atoms with E-state index in [2.05, 4.69) is 12.2 Å². The molecule has 4 nitrogen and oxygen atoms in total. The molecule has 102 valence electrons. The summed E-state index contributed by atoms with van der Waals surface area (Å²) in [5.41, 5.74) is 0.00866. The van der Waals surface area contributed by atoms with E-state index in [1.165, 1.54) is 4.88 Å². The predicted molar refractivity (Wildman–Crippen MR) is 71.8 cm³/mol. The van der Waals surface area contributed by atoms with E-state index in [1.807, 2.05) is 17.5 Å². The zero-order valence-corrected chi connectivity index (χ0v) is 11.5. The first-order valence-electron chi connectivity index (χ1n) is 6.29. The molecule has 0 spiro atoms. The van der Waals surface area contributed by atoms with E-state index >= 15 is 0 Å². The van der Waals surface area contributed by atoms with Crippen LogP contribution in [-0.2, 0) is 16.1 Å². The van der Waals surface area contributed by atoms with Crippen LogP contribution in [-0.4, -0.2) is 43.1 Å². The molecule has 2 atom stereocenters. The maximum absolute atomic E-state index is 9.83. The zero-order chi connectivity index (χ0) is 12.8. The number of aliphatic hydroxyl groups is 1. The van der Waals surface area contributed by atoms with Gasteiger partial charge in [-0.15, -0.1) is 11.3 Å². The van der Waals surface area contributed by atoms with Crippen LogP contribution in [0.2, 0.25) is 0 Å². The van der Waals surface area contributed by atoms with Gasteiger partial charge in [-0.2, -0.15) is 0 Å². The van der Waals surface area contributed by atoms with Crippen molar-refractivity contribution < 1.29 is 14.6 Å². The molecule has 2 heterocycles. The fourth-order valence-corrected chi connectivity index (χ4v) is 2.56. The van der Waals surface area contributed by atoms with Crippen LogP contribution in [0.5, 0.6) is 0 Å². The third kappa shape index (κ3) is 4.33. The zero-order valence-electron chi connectivity index (χ0n) is 10.7. The number of nitrogens with one attached hydrogen (secondary N) is 1. The maximum atomic E-state index is 9.83. The molecule has 1 fully saturated rings. The van der Waals surface area contributed by atoms with Crippen molar-refractivity contribution >= 4 is 11.3 Å². The number of β-amino-alcohol motifs (C(OH)–C–C–N with tert-alkyl or cyclic N) is 1. The molecule has 2 rings (SSSR count). The normalized spacial score (nSPS) is 25.4. The van der Waals surface area contributed by atoms with Crippen molar-refractivity contribution in [2.75, 3.05) is 26.4 Å². The summed E-state index contributed by atoms with van der Waals surface area (Å²) in [7, 11) is 0. The summed E-state index contributed by atoms with van der Waals surface area (Å²) >= 11 is 1.67. The van der Waals surface area contributed by atoms with Crippen LogP contribution in [0.15, 0.2) is 17.5 Å². The summed E-state index contributed by atoms with van der Waals surface area (Å²) in [4.78, 5) is 1.19. The van der Waals surface area contributed by atoms with E-state index in [4.69, 9.17) is 9.47 Å². The summed E-state index contributed by atoms with van der Waals surface area (Å²) in [6, 6.07) is 4.04. The predicted octanol–water partition coefficient (Wildman–Crippen LogP) is 1.39. The van der Waals surface area contributed by atoms with E-state index in [0.717, 1.165) is 19.6 Å². The minimum atomic E-state index is -0.470. The Kier molecular flexibility index (Phi) is 5.14. The number of thiophene rings is 1. The van der Waals surface area contributed by atoms with Crippen molar-refractivity contribution in [3.8, 4) is 0 Å². The molecule has 2 unspecified atom stereocenters. The van der Waals surface area contributed by atoms with Crippen LogP contribution in [0.1, 0.15) is 18.2 Å². The first-order valence-corrected chi connectivity index (χ1v) is 7.17. The molecule has 1 aliphatic heterocycles. The third-order valence-electron chi connectivity index (χ3n) is 3.12. The van der Waals surface area contributed by atoms with Gasteiger partial charge in [-0.05, 0) is 24.8 Å². The van der Waals surface area contributed by atoms with Crippen LogP contribution in [0.4, 0.5) is 0 Å². The highest BCUT2D eigenvalue weighted by atomic mass is 32.1. The standard InChI is InChI=1S/C13H21NO3S/c1-13(4-5-16-10-13)14-7-11(15)8-17-9-12-3-2-6-18-12/h2-3,6,11,14-15H,4-5,7-10H2,1H3. The lowest BCUT2D eigenvalue weighted by Crippen LogP contribution is -2.47. The van der Waals surface area contributed by atoms with Crippen molar-refractivity contribution in [2.45, 2.75) is 31.6 Å². The molecule has 0 saturated carbocycles. The van der Waals surface area contributed by atoms with Crippen molar-refractivity contribution in [1.29, 1.82) is 0 Å². The average molecular weight is 271 g/mol. The highest BCUT2D eigenvalue weighted by molar-refractivity contribution is 7.09. The second-order valence-electron chi connectivity index (χ2n) is 4.99. The average Bonchev–Trinajstić information content (AvgIpc) is 2.99. The fourth-order valence-electron chi connectivity index (χ4n) is 1.92.